The molecule has 17 heavy (non-hydrogen) atoms. The van der Waals surface area contributed by atoms with Crippen LogP contribution in [0, 0.1) is 0 Å². The molecular weight excluding hydrogens is 287 g/mol. The minimum absolute atomic E-state index is 0. The average Bonchev–Trinajstić information content (AvgIpc) is 2.43. The van der Waals surface area contributed by atoms with E-state index in [-0.39, 0.29) is 51.4 Å². The molecule has 1 rings (SSSR count). The van der Waals surface area contributed by atoms with Gasteiger partial charge in [0.25, 0.3) is 0 Å². The molecule has 0 bridgehead atoms. The maximum atomic E-state index is 10.8. The van der Waals surface area contributed by atoms with Gasteiger partial charge in [0.1, 0.15) is 6.10 Å². The number of carbonyl (C=O) groups excluding carboxylic acids is 1. The molecule has 0 aromatic heterocycles. The van der Waals surface area contributed by atoms with Crippen LogP contribution in [0.1, 0.15) is 0 Å². The van der Waals surface area contributed by atoms with Crippen LogP contribution in [0.5, 0.6) is 0 Å². The number of cyclic esters (lactones) is 1. The van der Waals surface area contributed by atoms with E-state index >= 15 is 0 Å². The molecule has 2 atom stereocenters. The Kier molecular flexibility index (Phi) is 6.55. The number of hydrogen-bond acceptors (Lipinski definition) is 8. The summed E-state index contributed by atoms with van der Waals surface area (Å²) in [5, 5.41) is 26.7. The normalized spacial score (nSPS) is 21.8. The monoisotopic (exact) mass is 296 g/mol. The first-order valence-electron chi connectivity index (χ1n) is 3.86. The van der Waals surface area contributed by atoms with Gasteiger partial charge in [-0.25, -0.2) is 4.79 Å². The molecule has 0 amide bonds. The second-order valence-corrected chi connectivity index (χ2v) is 3.82. The van der Waals surface area contributed by atoms with Crippen molar-refractivity contribution in [3.8, 4) is 0 Å². The van der Waals surface area contributed by atoms with Crippen LogP contribution in [0.4, 0.5) is 0 Å². The summed E-state index contributed by atoms with van der Waals surface area (Å²) in [5.74, 6) is -3.51. The molecule has 0 aromatic rings. The Labute approximate surface area is 138 Å². The SMILES string of the molecule is O=C1O[C@H]([C@@H](O)CO)C(OS(=O)(=O)O)=C1O.[KH]. The van der Waals surface area contributed by atoms with Gasteiger partial charge < -0.3 is 24.2 Å². The van der Waals surface area contributed by atoms with Crippen LogP contribution in [0.2, 0.25) is 0 Å². The quantitative estimate of drug-likeness (QED) is 0.245. The molecule has 0 saturated heterocycles. The number of rotatable bonds is 4. The molecule has 1 aliphatic heterocycles. The zero-order chi connectivity index (χ0) is 12.5. The van der Waals surface area contributed by atoms with Crippen molar-refractivity contribution in [1.29, 1.82) is 0 Å². The van der Waals surface area contributed by atoms with E-state index in [1.165, 1.54) is 0 Å². The van der Waals surface area contributed by atoms with Crippen LogP contribution in [0.3, 0.4) is 0 Å². The molecule has 4 N–H and O–H groups in total. The number of carbonyl (C=O) groups is 1. The van der Waals surface area contributed by atoms with Crippen molar-refractivity contribution in [2.45, 2.75) is 12.2 Å². The van der Waals surface area contributed by atoms with Gasteiger partial charge in [-0.15, -0.1) is 0 Å². The molecule has 0 aromatic carbocycles. The maximum absolute atomic E-state index is 10.8. The van der Waals surface area contributed by atoms with E-state index in [1.807, 2.05) is 0 Å². The zero-order valence-corrected chi connectivity index (χ0v) is 8.42. The van der Waals surface area contributed by atoms with Gasteiger partial charge in [-0.05, 0) is 0 Å². The van der Waals surface area contributed by atoms with Gasteiger partial charge in [-0.2, -0.15) is 8.42 Å². The van der Waals surface area contributed by atoms with Crippen LogP contribution in [0.25, 0.3) is 0 Å². The Morgan fingerprint density at radius 1 is 1.47 bits per heavy atom. The molecule has 1 heterocycles. The molecule has 0 spiro atoms. The van der Waals surface area contributed by atoms with E-state index < -0.39 is 46.7 Å². The fourth-order valence-corrected chi connectivity index (χ4v) is 1.41. The molecular formula is C6H9KO9S. The van der Waals surface area contributed by atoms with E-state index in [0.717, 1.165) is 0 Å². The van der Waals surface area contributed by atoms with Crippen molar-refractivity contribution in [1.82, 2.24) is 0 Å². The predicted octanol–water partition coefficient (Wildman–Crippen LogP) is -2.79. The summed E-state index contributed by atoms with van der Waals surface area (Å²) in [6.45, 7) is -0.871. The van der Waals surface area contributed by atoms with Crippen LogP contribution in [0.15, 0.2) is 11.5 Å². The van der Waals surface area contributed by atoms with Gasteiger partial charge in [0.05, 0.1) is 6.61 Å². The van der Waals surface area contributed by atoms with Gasteiger partial charge >= 0.3 is 67.8 Å². The van der Waals surface area contributed by atoms with E-state index in [2.05, 4.69) is 8.92 Å². The van der Waals surface area contributed by atoms with Crippen LogP contribution in [-0.4, -0.2) is 104 Å². The first kappa shape index (κ1) is 17.3. The minimum atomic E-state index is -4.98. The fraction of sp³-hybridized carbons (Fsp3) is 0.500. The van der Waals surface area contributed by atoms with E-state index in [1.54, 1.807) is 0 Å². The zero-order valence-electron chi connectivity index (χ0n) is 7.60. The number of ether oxygens (including phenoxy) is 1. The van der Waals surface area contributed by atoms with Crippen molar-refractivity contribution in [3.63, 3.8) is 0 Å². The van der Waals surface area contributed by atoms with Crippen LogP contribution in [-0.2, 0) is 24.1 Å². The molecule has 0 saturated carbocycles. The first-order valence-corrected chi connectivity index (χ1v) is 5.22. The Bertz CT molecular complexity index is 427. The predicted molar refractivity (Wildman–Crippen MR) is 52.4 cm³/mol. The third-order valence-electron chi connectivity index (χ3n) is 1.65. The van der Waals surface area contributed by atoms with E-state index in [9.17, 15) is 13.2 Å². The third kappa shape index (κ3) is 4.46. The van der Waals surface area contributed by atoms with Crippen molar-refractivity contribution < 1.29 is 42.0 Å². The van der Waals surface area contributed by atoms with Crippen molar-refractivity contribution in [3.05, 3.63) is 11.5 Å². The summed E-state index contributed by atoms with van der Waals surface area (Å²) >= 11 is 0. The number of aliphatic hydroxyl groups is 3. The molecule has 0 aliphatic carbocycles. The summed E-state index contributed by atoms with van der Waals surface area (Å²) in [4.78, 5) is 10.8. The second kappa shape index (κ2) is 6.45. The Balaban J connectivity index is 0.00000256. The summed E-state index contributed by atoms with van der Waals surface area (Å²) in [7, 11) is -4.98. The molecule has 9 nitrogen and oxygen atoms in total. The van der Waals surface area contributed by atoms with Crippen molar-refractivity contribution in [2.75, 3.05) is 6.61 Å². The molecule has 94 valence electrons. The summed E-state index contributed by atoms with van der Waals surface area (Å²) in [5.41, 5.74) is 0. The number of esters is 1. The summed E-state index contributed by atoms with van der Waals surface area (Å²) < 4.78 is 37.3. The van der Waals surface area contributed by atoms with Crippen molar-refractivity contribution in [2.24, 2.45) is 0 Å². The van der Waals surface area contributed by atoms with Crippen LogP contribution >= 0.6 is 0 Å². The first-order chi connectivity index (χ1) is 7.26. The van der Waals surface area contributed by atoms with Crippen LogP contribution < -0.4 is 0 Å². The van der Waals surface area contributed by atoms with Gasteiger partial charge in [0, 0.05) is 0 Å². The number of aliphatic hydroxyl groups excluding tert-OH is 3. The summed E-state index contributed by atoms with van der Waals surface area (Å²) in [6, 6.07) is 0. The standard InChI is InChI=1S/C6H8O9S.K.H/c7-1-2(8)4-5(15-16(11,12)13)3(9)6(10)14-4;;/h2,4,7-9H,1H2,(H,11,12,13);;/t2-,4+;;/m0../s1. The molecule has 11 heteroatoms. The summed E-state index contributed by atoms with van der Waals surface area (Å²) in [6.07, 6.45) is -3.38. The van der Waals surface area contributed by atoms with E-state index in [0.29, 0.717) is 0 Å². The van der Waals surface area contributed by atoms with Gasteiger partial charge in [0.15, 0.2) is 6.10 Å². The number of hydrogen-bond donors (Lipinski definition) is 4. The van der Waals surface area contributed by atoms with E-state index in [4.69, 9.17) is 19.9 Å². The topological polar surface area (TPSA) is 151 Å². The molecule has 0 fully saturated rings. The van der Waals surface area contributed by atoms with Gasteiger partial charge in [-0.1, -0.05) is 0 Å². The molecule has 1 aliphatic rings. The second-order valence-electron chi connectivity index (χ2n) is 2.80. The average molecular weight is 296 g/mol. The van der Waals surface area contributed by atoms with Crippen molar-refractivity contribution >= 4 is 67.8 Å². The molecule has 0 radical (unpaired) electrons. The Hall–Kier alpha value is 0.276. The third-order valence-corrected chi connectivity index (χ3v) is 2.04. The Morgan fingerprint density at radius 2 is 2.00 bits per heavy atom. The fourth-order valence-electron chi connectivity index (χ4n) is 1.01. The Morgan fingerprint density at radius 3 is 2.41 bits per heavy atom. The molecule has 0 unspecified atom stereocenters. The van der Waals surface area contributed by atoms with Gasteiger partial charge in [0.2, 0.25) is 11.5 Å². The van der Waals surface area contributed by atoms with Gasteiger partial charge in [-0.3, -0.25) is 4.55 Å².